The molecule has 1 aliphatic heterocycles. The Labute approximate surface area is 117 Å². The number of alkyl halides is 3. The molecule has 0 bridgehead atoms. The van der Waals surface area contributed by atoms with Crippen LogP contribution in [0.25, 0.3) is 0 Å². The smallest absolute Gasteiger partial charge is 0.378 e. The topological polar surface area (TPSA) is 21.3 Å². The third-order valence-corrected chi connectivity index (χ3v) is 3.72. The molecule has 2 nitrogen and oxygen atoms in total. The van der Waals surface area contributed by atoms with Gasteiger partial charge in [0.2, 0.25) is 0 Å². The highest BCUT2D eigenvalue weighted by Crippen LogP contribution is 2.34. The molecule has 1 aromatic rings. The van der Waals surface area contributed by atoms with Gasteiger partial charge >= 0.3 is 6.18 Å². The average Bonchev–Trinajstić information content (AvgIpc) is 2.81. The van der Waals surface area contributed by atoms with E-state index in [0.717, 1.165) is 30.7 Å². The van der Waals surface area contributed by atoms with E-state index in [4.69, 9.17) is 4.74 Å². The molecule has 3 atom stereocenters. The number of ether oxygens (including phenoxy) is 1. The van der Waals surface area contributed by atoms with Crippen LogP contribution in [0.1, 0.15) is 37.4 Å². The number of rotatable bonds is 4. The first kappa shape index (κ1) is 15.3. The van der Waals surface area contributed by atoms with E-state index < -0.39 is 11.7 Å². The van der Waals surface area contributed by atoms with Crippen LogP contribution in [-0.2, 0) is 10.9 Å². The van der Waals surface area contributed by atoms with E-state index in [2.05, 4.69) is 5.32 Å². The lowest BCUT2D eigenvalue weighted by molar-refractivity contribution is -0.137. The van der Waals surface area contributed by atoms with Crippen molar-refractivity contribution in [3.8, 4) is 0 Å². The van der Waals surface area contributed by atoms with Gasteiger partial charge in [0.25, 0.3) is 0 Å². The zero-order valence-corrected chi connectivity index (χ0v) is 11.7. The lowest BCUT2D eigenvalue weighted by Crippen LogP contribution is -2.28. The van der Waals surface area contributed by atoms with Gasteiger partial charge in [-0.05, 0) is 37.6 Å². The molecule has 1 aliphatic rings. The molecular formula is C15H20F3NO. The van der Waals surface area contributed by atoms with Crippen molar-refractivity contribution in [3.05, 3.63) is 35.4 Å². The summed E-state index contributed by atoms with van der Waals surface area (Å²) in [6.07, 6.45) is -3.13. The van der Waals surface area contributed by atoms with Gasteiger partial charge in [0.15, 0.2) is 0 Å². The van der Waals surface area contributed by atoms with Crippen molar-refractivity contribution in [1.29, 1.82) is 0 Å². The molecule has 0 amide bonds. The van der Waals surface area contributed by atoms with E-state index >= 15 is 0 Å². The minimum Gasteiger partial charge on any atom is -0.378 e. The van der Waals surface area contributed by atoms with E-state index in [-0.39, 0.29) is 12.1 Å². The zero-order chi connectivity index (χ0) is 14.8. The summed E-state index contributed by atoms with van der Waals surface area (Å²) in [7, 11) is 0. The van der Waals surface area contributed by atoms with Crippen LogP contribution >= 0.6 is 0 Å². The van der Waals surface area contributed by atoms with Crippen molar-refractivity contribution in [2.45, 2.75) is 38.6 Å². The molecule has 20 heavy (non-hydrogen) atoms. The van der Waals surface area contributed by atoms with Gasteiger partial charge in [0.1, 0.15) is 0 Å². The molecule has 1 fully saturated rings. The molecule has 1 heterocycles. The van der Waals surface area contributed by atoms with Crippen LogP contribution in [0.2, 0.25) is 0 Å². The Morgan fingerprint density at radius 3 is 2.40 bits per heavy atom. The first-order valence-corrected chi connectivity index (χ1v) is 6.94. The Morgan fingerprint density at radius 2 is 1.95 bits per heavy atom. The molecule has 0 aliphatic carbocycles. The number of hydrogen-bond donors (Lipinski definition) is 1. The highest BCUT2D eigenvalue weighted by atomic mass is 19.4. The van der Waals surface area contributed by atoms with Crippen molar-refractivity contribution in [3.63, 3.8) is 0 Å². The van der Waals surface area contributed by atoms with Gasteiger partial charge in [0.05, 0.1) is 18.3 Å². The van der Waals surface area contributed by atoms with Crippen molar-refractivity contribution < 1.29 is 17.9 Å². The lowest BCUT2D eigenvalue weighted by atomic mass is 9.90. The second-order valence-corrected chi connectivity index (χ2v) is 5.29. The van der Waals surface area contributed by atoms with E-state index in [1.165, 1.54) is 0 Å². The molecule has 0 radical (unpaired) electrons. The van der Waals surface area contributed by atoms with Gasteiger partial charge in [-0.25, -0.2) is 0 Å². The fourth-order valence-corrected chi connectivity index (χ4v) is 2.74. The summed E-state index contributed by atoms with van der Waals surface area (Å²) in [6.45, 7) is 5.45. The maximum Gasteiger partial charge on any atom is 0.416 e. The van der Waals surface area contributed by atoms with Gasteiger partial charge in [-0.15, -0.1) is 0 Å². The monoisotopic (exact) mass is 287 g/mol. The maximum atomic E-state index is 12.6. The van der Waals surface area contributed by atoms with E-state index in [1.54, 1.807) is 12.1 Å². The molecule has 0 spiro atoms. The summed E-state index contributed by atoms with van der Waals surface area (Å²) in [5.74, 6) is 0.307. The number of benzene rings is 1. The summed E-state index contributed by atoms with van der Waals surface area (Å²) < 4.78 is 43.3. The summed E-state index contributed by atoms with van der Waals surface area (Å²) in [6, 6.07) is 5.49. The molecule has 3 unspecified atom stereocenters. The Morgan fingerprint density at radius 1 is 1.30 bits per heavy atom. The molecule has 112 valence electrons. The van der Waals surface area contributed by atoms with Crippen LogP contribution in [-0.4, -0.2) is 19.3 Å². The van der Waals surface area contributed by atoms with Crippen LogP contribution in [0, 0.1) is 5.92 Å². The molecular weight excluding hydrogens is 267 g/mol. The van der Waals surface area contributed by atoms with Gasteiger partial charge in [-0.1, -0.05) is 19.1 Å². The maximum absolute atomic E-state index is 12.6. The fraction of sp³-hybridized carbons (Fsp3) is 0.600. The third-order valence-electron chi connectivity index (χ3n) is 3.72. The Hall–Kier alpha value is -1.07. The number of nitrogens with one attached hydrogen (secondary N) is 1. The molecule has 1 aromatic carbocycles. The molecule has 2 rings (SSSR count). The largest absolute Gasteiger partial charge is 0.416 e. The SMILES string of the molecule is CCNC(c1ccc(C(F)(F)F)cc1)C1COC(C)C1. The van der Waals surface area contributed by atoms with Crippen LogP contribution < -0.4 is 5.32 Å². The molecule has 1 N–H and O–H groups in total. The number of halogens is 3. The minimum atomic E-state index is -4.28. The average molecular weight is 287 g/mol. The van der Waals surface area contributed by atoms with Crippen LogP contribution in [0.15, 0.2) is 24.3 Å². The highest BCUT2D eigenvalue weighted by molar-refractivity contribution is 5.27. The van der Waals surface area contributed by atoms with E-state index in [1.807, 2.05) is 13.8 Å². The predicted octanol–water partition coefficient (Wildman–Crippen LogP) is 3.78. The summed E-state index contributed by atoms with van der Waals surface area (Å²) in [5, 5.41) is 3.36. The second kappa shape index (κ2) is 6.14. The van der Waals surface area contributed by atoms with Crippen LogP contribution in [0.5, 0.6) is 0 Å². The van der Waals surface area contributed by atoms with Gasteiger partial charge in [-0.2, -0.15) is 13.2 Å². The van der Waals surface area contributed by atoms with E-state index in [9.17, 15) is 13.2 Å². The van der Waals surface area contributed by atoms with Crippen molar-refractivity contribution in [1.82, 2.24) is 5.32 Å². The summed E-state index contributed by atoms with van der Waals surface area (Å²) in [4.78, 5) is 0. The van der Waals surface area contributed by atoms with Gasteiger partial charge in [-0.3, -0.25) is 0 Å². The molecule has 1 saturated heterocycles. The van der Waals surface area contributed by atoms with Gasteiger partial charge < -0.3 is 10.1 Å². The fourth-order valence-electron chi connectivity index (χ4n) is 2.74. The van der Waals surface area contributed by atoms with Crippen LogP contribution in [0.4, 0.5) is 13.2 Å². The standard InChI is InChI=1S/C15H20F3NO/c1-3-19-14(12-8-10(2)20-9-12)11-4-6-13(7-5-11)15(16,17)18/h4-7,10,12,14,19H,3,8-9H2,1-2H3. The Kier molecular flexibility index (Phi) is 4.70. The Bertz CT molecular complexity index is 430. The Balaban J connectivity index is 2.17. The lowest BCUT2D eigenvalue weighted by Gasteiger charge is -2.24. The van der Waals surface area contributed by atoms with Crippen LogP contribution in [0.3, 0.4) is 0 Å². The normalized spacial score (nSPS) is 24.9. The highest BCUT2D eigenvalue weighted by Gasteiger charge is 2.32. The van der Waals surface area contributed by atoms with Crippen molar-refractivity contribution in [2.75, 3.05) is 13.2 Å². The zero-order valence-electron chi connectivity index (χ0n) is 11.7. The predicted molar refractivity (Wildman–Crippen MR) is 71.4 cm³/mol. The third kappa shape index (κ3) is 3.52. The first-order valence-electron chi connectivity index (χ1n) is 6.94. The number of hydrogen-bond acceptors (Lipinski definition) is 2. The minimum absolute atomic E-state index is 0.0484. The first-order chi connectivity index (χ1) is 9.41. The van der Waals surface area contributed by atoms with Gasteiger partial charge in [0, 0.05) is 12.0 Å². The summed E-state index contributed by atoms with van der Waals surface area (Å²) >= 11 is 0. The molecule has 5 heteroatoms. The quantitative estimate of drug-likeness (QED) is 0.910. The molecule has 0 saturated carbocycles. The molecule has 0 aromatic heterocycles. The van der Waals surface area contributed by atoms with E-state index in [0.29, 0.717) is 12.5 Å². The van der Waals surface area contributed by atoms with Crippen molar-refractivity contribution >= 4 is 0 Å². The second-order valence-electron chi connectivity index (χ2n) is 5.29. The van der Waals surface area contributed by atoms with Crippen molar-refractivity contribution in [2.24, 2.45) is 5.92 Å². The summed E-state index contributed by atoms with van der Waals surface area (Å²) in [5.41, 5.74) is 0.287.